The molecule has 0 aliphatic carbocycles. The van der Waals surface area contributed by atoms with Crippen molar-refractivity contribution in [2.45, 2.75) is 71.7 Å². The Balaban J connectivity index is 1.69. The highest BCUT2D eigenvalue weighted by Crippen LogP contribution is 2.32. The van der Waals surface area contributed by atoms with E-state index in [1.807, 2.05) is 28.9 Å². The third kappa shape index (κ3) is 5.74. The topological polar surface area (TPSA) is 98.2 Å². The smallest absolute Gasteiger partial charge is 0.253 e. The molecule has 0 spiro atoms. The highest BCUT2D eigenvalue weighted by Gasteiger charge is 2.35. The lowest BCUT2D eigenvalue weighted by Crippen LogP contribution is -2.40. The van der Waals surface area contributed by atoms with Crippen molar-refractivity contribution >= 4 is 10.9 Å². The molecule has 206 valence electrons. The molecule has 1 fully saturated rings. The molecule has 0 unspecified atom stereocenters. The molecular weight excluding hydrogens is 492 g/mol. The summed E-state index contributed by atoms with van der Waals surface area (Å²) >= 11 is 0. The summed E-state index contributed by atoms with van der Waals surface area (Å²) in [5, 5.41) is 13.9. The molecule has 0 saturated carbocycles. The van der Waals surface area contributed by atoms with E-state index in [0.717, 1.165) is 47.2 Å². The van der Waals surface area contributed by atoms with E-state index < -0.39 is 6.04 Å². The molecule has 2 aromatic carbocycles. The predicted octanol–water partition coefficient (Wildman–Crippen LogP) is 4.67. The van der Waals surface area contributed by atoms with Crippen LogP contribution < -0.4 is 10.3 Å². The number of hydrogen-bond donors (Lipinski definition) is 1. The molecule has 2 atom stereocenters. The van der Waals surface area contributed by atoms with Gasteiger partial charge in [-0.15, -0.1) is 5.10 Å². The van der Waals surface area contributed by atoms with Gasteiger partial charge in [0, 0.05) is 30.8 Å². The minimum atomic E-state index is -0.500. The van der Waals surface area contributed by atoms with Crippen LogP contribution in [0.2, 0.25) is 0 Å². The Kier molecular flexibility index (Phi) is 7.55. The van der Waals surface area contributed by atoms with Gasteiger partial charge < -0.3 is 14.5 Å². The highest BCUT2D eigenvalue weighted by atomic mass is 16.5. The second kappa shape index (κ2) is 10.9. The van der Waals surface area contributed by atoms with Gasteiger partial charge in [0.05, 0.1) is 18.8 Å². The quantitative estimate of drug-likeness (QED) is 0.354. The molecule has 0 amide bonds. The van der Waals surface area contributed by atoms with Gasteiger partial charge in [-0.3, -0.25) is 9.69 Å². The number of nitrogens with zero attached hydrogens (tertiary/aromatic N) is 5. The lowest BCUT2D eigenvalue weighted by atomic mass is 9.99. The molecule has 5 rings (SSSR count). The summed E-state index contributed by atoms with van der Waals surface area (Å²) in [5.41, 5.74) is 4.30. The van der Waals surface area contributed by atoms with Crippen LogP contribution in [0.25, 0.3) is 10.9 Å². The van der Waals surface area contributed by atoms with E-state index in [4.69, 9.17) is 9.47 Å². The average molecular weight is 531 g/mol. The summed E-state index contributed by atoms with van der Waals surface area (Å²) in [7, 11) is 1.66. The first-order chi connectivity index (χ1) is 18.6. The van der Waals surface area contributed by atoms with Gasteiger partial charge in [-0.25, -0.2) is 4.68 Å². The molecule has 0 radical (unpaired) electrons. The van der Waals surface area contributed by atoms with Crippen molar-refractivity contribution in [3.63, 3.8) is 0 Å². The molecule has 3 heterocycles. The molecule has 9 heteroatoms. The fraction of sp³-hybridized carbons (Fsp3) is 0.467. The Labute approximate surface area is 229 Å². The van der Waals surface area contributed by atoms with Crippen molar-refractivity contribution in [1.29, 1.82) is 0 Å². The largest absolute Gasteiger partial charge is 0.497 e. The second-order valence-electron chi connectivity index (χ2n) is 11.5. The van der Waals surface area contributed by atoms with E-state index in [1.54, 1.807) is 7.11 Å². The van der Waals surface area contributed by atoms with Crippen LogP contribution in [0.4, 0.5) is 0 Å². The molecule has 39 heavy (non-hydrogen) atoms. The predicted molar refractivity (Wildman–Crippen MR) is 151 cm³/mol. The van der Waals surface area contributed by atoms with Crippen LogP contribution in [0.3, 0.4) is 0 Å². The Hall–Kier alpha value is -3.56. The van der Waals surface area contributed by atoms with E-state index in [2.05, 4.69) is 78.2 Å². The maximum absolute atomic E-state index is 13.8. The van der Waals surface area contributed by atoms with Crippen LogP contribution in [0.1, 0.15) is 67.7 Å². The van der Waals surface area contributed by atoms with Gasteiger partial charge in [-0.1, -0.05) is 12.1 Å². The lowest BCUT2D eigenvalue weighted by molar-refractivity contribution is 0.0564. The number of fused-ring (bicyclic) bond motifs is 1. The van der Waals surface area contributed by atoms with Gasteiger partial charge in [0.15, 0.2) is 5.82 Å². The fourth-order valence-corrected chi connectivity index (χ4v) is 5.31. The maximum atomic E-state index is 13.8. The van der Waals surface area contributed by atoms with E-state index in [0.29, 0.717) is 24.5 Å². The highest BCUT2D eigenvalue weighted by molar-refractivity contribution is 5.81. The summed E-state index contributed by atoms with van der Waals surface area (Å²) in [4.78, 5) is 19.2. The van der Waals surface area contributed by atoms with Gasteiger partial charge in [0.2, 0.25) is 0 Å². The zero-order valence-electron chi connectivity index (χ0n) is 23.7. The van der Waals surface area contributed by atoms with Crippen molar-refractivity contribution in [3.8, 4) is 5.75 Å². The number of pyridine rings is 1. The maximum Gasteiger partial charge on any atom is 0.253 e. The van der Waals surface area contributed by atoms with Crippen LogP contribution in [-0.2, 0) is 16.8 Å². The number of aromatic nitrogens is 5. The summed E-state index contributed by atoms with van der Waals surface area (Å²) < 4.78 is 13.3. The summed E-state index contributed by atoms with van der Waals surface area (Å²) in [6, 6.07) is 13.7. The van der Waals surface area contributed by atoms with Crippen molar-refractivity contribution in [2.24, 2.45) is 0 Å². The fourth-order valence-electron chi connectivity index (χ4n) is 5.31. The number of tetrazole rings is 1. The van der Waals surface area contributed by atoms with Gasteiger partial charge in [-0.05, 0) is 110 Å². The third-order valence-electron chi connectivity index (χ3n) is 7.53. The number of methoxy groups -OCH3 is 1. The standard InChI is InChI=1S/C30H38N6O3/c1-19-14-22-16-25(29(37)31-26(22)15-20(19)2)27(28-32-33-34-36(28)30(3,4)5)35(18-24-8-7-13-39-24)17-21-9-11-23(38-6)12-10-21/h9-12,14-16,24,27H,7-8,13,17-18H2,1-6H3,(H,31,37)/t24-,27+/m1/s1. The number of H-pyrrole nitrogens is 1. The van der Waals surface area contributed by atoms with Crippen molar-refractivity contribution in [1.82, 2.24) is 30.1 Å². The molecule has 9 nitrogen and oxygen atoms in total. The third-order valence-corrected chi connectivity index (χ3v) is 7.53. The lowest BCUT2D eigenvalue weighted by Gasteiger charge is -2.34. The summed E-state index contributed by atoms with van der Waals surface area (Å²) in [6.45, 7) is 12.3. The van der Waals surface area contributed by atoms with E-state index in [9.17, 15) is 4.79 Å². The van der Waals surface area contributed by atoms with Crippen LogP contribution in [0.5, 0.6) is 5.75 Å². The van der Waals surface area contributed by atoms with E-state index in [-0.39, 0.29) is 17.2 Å². The molecule has 4 aromatic rings. The van der Waals surface area contributed by atoms with E-state index in [1.165, 1.54) is 5.56 Å². The Bertz CT molecular complexity index is 1500. The minimum Gasteiger partial charge on any atom is -0.497 e. The minimum absolute atomic E-state index is 0.0640. The van der Waals surface area contributed by atoms with E-state index >= 15 is 0 Å². The van der Waals surface area contributed by atoms with Crippen molar-refractivity contribution < 1.29 is 9.47 Å². The zero-order valence-corrected chi connectivity index (χ0v) is 23.7. The Morgan fingerprint density at radius 3 is 2.56 bits per heavy atom. The molecular formula is C30H38N6O3. The van der Waals surface area contributed by atoms with Gasteiger partial charge >= 0.3 is 0 Å². The SMILES string of the molecule is COc1ccc(CN(C[C@H]2CCCO2)[C@@H](c2cc3cc(C)c(C)cc3[nH]c2=O)c2nnnn2C(C)(C)C)cc1. The van der Waals surface area contributed by atoms with Gasteiger partial charge in [-0.2, -0.15) is 0 Å². The normalized spacial score (nSPS) is 16.7. The van der Waals surface area contributed by atoms with Gasteiger partial charge in [0.1, 0.15) is 11.8 Å². The van der Waals surface area contributed by atoms with Crippen LogP contribution in [0, 0.1) is 13.8 Å². The molecule has 2 aromatic heterocycles. The first-order valence-corrected chi connectivity index (χ1v) is 13.6. The van der Waals surface area contributed by atoms with Gasteiger partial charge in [0.25, 0.3) is 5.56 Å². The monoisotopic (exact) mass is 530 g/mol. The Morgan fingerprint density at radius 1 is 1.15 bits per heavy atom. The molecule has 1 aliphatic heterocycles. The summed E-state index contributed by atoms with van der Waals surface area (Å²) in [6.07, 6.45) is 2.07. The molecule has 1 saturated heterocycles. The second-order valence-corrected chi connectivity index (χ2v) is 11.5. The number of benzene rings is 2. The molecule has 0 bridgehead atoms. The average Bonchev–Trinajstić information content (AvgIpc) is 3.59. The Morgan fingerprint density at radius 2 is 1.90 bits per heavy atom. The zero-order chi connectivity index (χ0) is 27.7. The summed E-state index contributed by atoms with van der Waals surface area (Å²) in [5.74, 6) is 1.43. The number of aromatic amines is 1. The van der Waals surface area contributed by atoms with Crippen molar-refractivity contribution in [2.75, 3.05) is 20.3 Å². The first kappa shape index (κ1) is 27.0. The first-order valence-electron chi connectivity index (χ1n) is 13.6. The number of ether oxygens (including phenoxy) is 2. The van der Waals surface area contributed by atoms with Crippen LogP contribution >= 0.6 is 0 Å². The van der Waals surface area contributed by atoms with Crippen molar-refractivity contribution in [3.05, 3.63) is 80.9 Å². The van der Waals surface area contributed by atoms with Crippen LogP contribution in [-0.4, -0.2) is 56.5 Å². The van der Waals surface area contributed by atoms with Crippen LogP contribution in [0.15, 0.2) is 47.3 Å². The molecule has 1 aliphatic rings. The molecule has 1 N–H and O–H groups in total. The number of aryl methyl sites for hydroxylation is 2. The number of rotatable bonds is 8. The number of nitrogens with one attached hydrogen (secondary N) is 1. The number of hydrogen-bond acceptors (Lipinski definition) is 7.